The Morgan fingerprint density at radius 3 is 2.41 bits per heavy atom. The van der Waals surface area contributed by atoms with Crippen LogP contribution in [-0.4, -0.2) is 19.3 Å². The van der Waals surface area contributed by atoms with Gasteiger partial charge in [-0.25, -0.2) is 4.39 Å². The van der Waals surface area contributed by atoms with Crippen molar-refractivity contribution in [2.24, 2.45) is 5.92 Å². The molecule has 0 atom stereocenters. The first-order chi connectivity index (χ1) is 13.1. The zero-order valence-electron chi connectivity index (χ0n) is 14.5. The van der Waals surface area contributed by atoms with Gasteiger partial charge in [-0.15, -0.1) is 0 Å². The molecule has 3 fully saturated rings. The molecule has 2 aromatic heterocycles. The lowest BCUT2D eigenvalue weighted by Gasteiger charge is -2.62. The number of hydrogen-bond donors (Lipinski definition) is 0. The predicted molar refractivity (Wildman–Crippen MR) is 96.8 cm³/mol. The molecule has 0 spiro atoms. The Morgan fingerprint density at radius 2 is 1.78 bits per heavy atom. The van der Waals surface area contributed by atoms with Gasteiger partial charge in [0.25, 0.3) is 0 Å². The fourth-order valence-corrected chi connectivity index (χ4v) is 4.17. The smallest absolute Gasteiger partial charge is 0.303 e. The number of halogens is 1. The maximum Gasteiger partial charge on any atom is 0.316 e. The van der Waals surface area contributed by atoms with Crippen LogP contribution >= 0.6 is 0 Å². The fourth-order valence-electron chi connectivity index (χ4n) is 4.17. The van der Waals surface area contributed by atoms with Crippen molar-refractivity contribution in [3.8, 4) is 11.3 Å². The summed E-state index contributed by atoms with van der Waals surface area (Å²) in [5.74, 6) is 0.357. The van der Waals surface area contributed by atoms with E-state index in [1.807, 2.05) is 0 Å². The Labute approximate surface area is 153 Å². The molecule has 27 heavy (non-hydrogen) atoms. The molecule has 0 unspecified atom stereocenters. The van der Waals surface area contributed by atoms with E-state index in [9.17, 15) is 14.0 Å². The average molecular weight is 364 g/mol. The van der Waals surface area contributed by atoms with Crippen LogP contribution in [0.5, 0.6) is 0 Å². The standard InChI is InChI=1S/C20H17FN4O2/c21-16-4-2-1-3-15(16)17-6-5-14(22-23-17)12-24-7-8-25(19(27)18(24)26)20-9-13(10-20)11-20/h1-8,13H,9-12H2. The molecular formula is C20H17FN4O2. The molecule has 136 valence electrons. The normalized spacial score (nSPS) is 22.8. The molecule has 2 bridgehead atoms. The summed E-state index contributed by atoms with van der Waals surface area (Å²) >= 11 is 0. The number of benzene rings is 1. The minimum atomic E-state index is -0.554. The summed E-state index contributed by atoms with van der Waals surface area (Å²) < 4.78 is 16.8. The minimum absolute atomic E-state index is 0.110. The third-order valence-corrected chi connectivity index (χ3v) is 5.78. The molecule has 0 N–H and O–H groups in total. The van der Waals surface area contributed by atoms with Crippen molar-refractivity contribution in [3.05, 3.63) is 81.0 Å². The van der Waals surface area contributed by atoms with Crippen LogP contribution in [0, 0.1) is 11.7 Å². The van der Waals surface area contributed by atoms with E-state index in [1.165, 1.54) is 10.6 Å². The van der Waals surface area contributed by atoms with E-state index in [1.54, 1.807) is 47.3 Å². The summed E-state index contributed by atoms with van der Waals surface area (Å²) in [6, 6.07) is 9.69. The highest BCUT2D eigenvalue weighted by Gasteiger charge is 2.58. The number of hydrogen-bond acceptors (Lipinski definition) is 4. The van der Waals surface area contributed by atoms with Crippen molar-refractivity contribution < 1.29 is 4.39 Å². The second kappa shape index (κ2) is 5.70. The minimum Gasteiger partial charge on any atom is -0.303 e. The summed E-state index contributed by atoms with van der Waals surface area (Å²) in [5.41, 5.74) is 0.174. The lowest BCUT2D eigenvalue weighted by molar-refractivity contribution is -0.0919. The van der Waals surface area contributed by atoms with Gasteiger partial charge in [-0.1, -0.05) is 12.1 Å². The second-order valence-corrected chi connectivity index (χ2v) is 7.50. The van der Waals surface area contributed by atoms with Gasteiger partial charge in [0.1, 0.15) is 5.82 Å². The van der Waals surface area contributed by atoms with E-state index in [-0.39, 0.29) is 17.9 Å². The van der Waals surface area contributed by atoms with Gasteiger partial charge in [-0.05, 0) is 49.4 Å². The van der Waals surface area contributed by atoms with Crippen molar-refractivity contribution in [1.82, 2.24) is 19.3 Å². The zero-order valence-corrected chi connectivity index (χ0v) is 14.5. The number of rotatable bonds is 4. The maximum absolute atomic E-state index is 13.8. The summed E-state index contributed by atoms with van der Waals surface area (Å²) in [6.45, 7) is 0.148. The van der Waals surface area contributed by atoms with Crippen LogP contribution in [0.2, 0.25) is 0 Å². The molecular weight excluding hydrogens is 347 g/mol. The van der Waals surface area contributed by atoms with E-state index in [0.29, 0.717) is 17.0 Å². The van der Waals surface area contributed by atoms with Crippen molar-refractivity contribution in [3.63, 3.8) is 0 Å². The van der Waals surface area contributed by atoms with Crippen LogP contribution in [0.3, 0.4) is 0 Å². The maximum atomic E-state index is 13.8. The molecule has 0 aliphatic heterocycles. The van der Waals surface area contributed by atoms with E-state index in [0.717, 1.165) is 25.2 Å². The van der Waals surface area contributed by atoms with Gasteiger partial charge in [0.15, 0.2) is 0 Å². The van der Waals surface area contributed by atoms with E-state index >= 15 is 0 Å². The third kappa shape index (κ3) is 2.45. The first kappa shape index (κ1) is 16.1. The highest BCUT2D eigenvalue weighted by atomic mass is 19.1. The lowest BCUT2D eigenvalue weighted by atomic mass is 9.49. The predicted octanol–water partition coefficient (Wildman–Crippen LogP) is 2.16. The Kier molecular flexibility index (Phi) is 3.40. The van der Waals surface area contributed by atoms with Gasteiger partial charge in [0.05, 0.1) is 17.9 Å². The van der Waals surface area contributed by atoms with Crippen LogP contribution in [0.25, 0.3) is 11.3 Å². The Balaban J connectivity index is 1.41. The quantitative estimate of drug-likeness (QED) is 0.665. The Morgan fingerprint density at radius 1 is 1.00 bits per heavy atom. The SMILES string of the molecule is O=c1c(=O)n(C23CC(C2)C3)ccn1Cc1ccc(-c2ccccc2F)nn1. The van der Waals surface area contributed by atoms with Gasteiger partial charge in [0.2, 0.25) is 0 Å². The van der Waals surface area contributed by atoms with Crippen molar-refractivity contribution >= 4 is 0 Å². The molecule has 7 heteroatoms. The molecule has 3 saturated carbocycles. The Hall–Kier alpha value is -3.09. The van der Waals surface area contributed by atoms with Gasteiger partial charge in [-0.3, -0.25) is 9.59 Å². The molecule has 3 aliphatic carbocycles. The van der Waals surface area contributed by atoms with Crippen molar-refractivity contribution in [1.29, 1.82) is 0 Å². The van der Waals surface area contributed by atoms with Gasteiger partial charge in [-0.2, -0.15) is 10.2 Å². The van der Waals surface area contributed by atoms with Crippen LogP contribution in [0.1, 0.15) is 25.0 Å². The molecule has 3 aliphatic rings. The van der Waals surface area contributed by atoms with Crippen LogP contribution in [-0.2, 0) is 12.1 Å². The van der Waals surface area contributed by atoms with Crippen molar-refractivity contribution in [2.45, 2.75) is 31.3 Å². The number of aromatic nitrogens is 4. The topological polar surface area (TPSA) is 69.8 Å². The molecule has 0 amide bonds. The molecule has 0 saturated heterocycles. The van der Waals surface area contributed by atoms with Crippen LogP contribution in [0.4, 0.5) is 4.39 Å². The van der Waals surface area contributed by atoms with Gasteiger partial charge in [0, 0.05) is 23.5 Å². The number of nitrogens with zero attached hydrogens (tertiary/aromatic N) is 4. The summed E-state index contributed by atoms with van der Waals surface area (Å²) in [4.78, 5) is 24.9. The highest BCUT2D eigenvalue weighted by Crippen LogP contribution is 2.61. The molecule has 1 aromatic carbocycles. The van der Waals surface area contributed by atoms with E-state index < -0.39 is 11.1 Å². The lowest BCUT2D eigenvalue weighted by Crippen LogP contribution is -2.64. The summed E-state index contributed by atoms with van der Waals surface area (Å²) in [5, 5.41) is 8.14. The molecule has 3 aromatic rings. The molecule has 2 heterocycles. The summed E-state index contributed by atoms with van der Waals surface area (Å²) in [7, 11) is 0. The monoisotopic (exact) mass is 364 g/mol. The molecule has 6 nitrogen and oxygen atoms in total. The fraction of sp³-hybridized carbons (Fsp3) is 0.300. The van der Waals surface area contributed by atoms with Crippen molar-refractivity contribution in [2.75, 3.05) is 0 Å². The largest absolute Gasteiger partial charge is 0.316 e. The molecule has 0 radical (unpaired) electrons. The van der Waals surface area contributed by atoms with Gasteiger partial charge < -0.3 is 9.13 Å². The van der Waals surface area contributed by atoms with Gasteiger partial charge >= 0.3 is 11.1 Å². The first-order valence-electron chi connectivity index (χ1n) is 8.96. The first-order valence-corrected chi connectivity index (χ1v) is 8.96. The second-order valence-electron chi connectivity index (χ2n) is 7.50. The van der Waals surface area contributed by atoms with E-state index in [4.69, 9.17) is 0 Å². The zero-order chi connectivity index (χ0) is 18.6. The van der Waals surface area contributed by atoms with Crippen LogP contribution in [0.15, 0.2) is 58.4 Å². The van der Waals surface area contributed by atoms with Crippen LogP contribution < -0.4 is 11.1 Å². The molecule has 6 rings (SSSR count). The third-order valence-electron chi connectivity index (χ3n) is 5.78. The Bertz CT molecular complexity index is 1130. The highest BCUT2D eigenvalue weighted by molar-refractivity contribution is 5.58. The van der Waals surface area contributed by atoms with E-state index in [2.05, 4.69) is 10.2 Å². The average Bonchev–Trinajstić information content (AvgIpc) is 2.60. The summed E-state index contributed by atoms with van der Waals surface area (Å²) in [6.07, 6.45) is 6.34.